The van der Waals surface area contributed by atoms with Gasteiger partial charge in [0.25, 0.3) is 0 Å². The summed E-state index contributed by atoms with van der Waals surface area (Å²) in [4.78, 5) is 1.28. The Bertz CT molecular complexity index is 1150. The minimum Gasteiger partial charge on any atom is -0.144 e. The summed E-state index contributed by atoms with van der Waals surface area (Å²) in [6.45, 7) is 0. The van der Waals surface area contributed by atoms with Gasteiger partial charge in [0.1, 0.15) is 0 Å². The molecule has 0 aliphatic rings. The predicted octanol–water partition coefficient (Wildman–Crippen LogP) is 6.84. The molecule has 0 nitrogen and oxygen atoms in total. The summed E-state index contributed by atoms with van der Waals surface area (Å²) in [6.07, 6.45) is 5.27. The maximum Gasteiger partial charge on any atom is 0.0342 e. The van der Waals surface area contributed by atoms with Gasteiger partial charge in [0, 0.05) is 32.8 Å². The molecule has 5 aromatic rings. The molecule has 1 aromatic heterocycles. The normalized spacial score (nSPS) is 9.82. The molecule has 0 saturated heterocycles. The summed E-state index contributed by atoms with van der Waals surface area (Å²) in [7, 11) is -0.446. The molecule has 0 spiro atoms. The number of terminal acetylenes is 1. The van der Waals surface area contributed by atoms with E-state index in [1.54, 1.807) is 11.3 Å². The van der Waals surface area contributed by atoms with E-state index >= 15 is 0 Å². The molecule has 0 saturated carbocycles. The molecule has 33 heavy (non-hydrogen) atoms. The van der Waals surface area contributed by atoms with Gasteiger partial charge in [-0.05, 0) is 53.0 Å². The van der Waals surface area contributed by atoms with Gasteiger partial charge < -0.3 is 0 Å². The van der Waals surface area contributed by atoms with Crippen molar-refractivity contribution in [2.24, 2.45) is 0 Å². The van der Waals surface area contributed by atoms with Gasteiger partial charge in [-0.1, -0.05) is 115 Å². The average molecular weight is 644 g/mol. The second-order valence-corrected chi connectivity index (χ2v) is 10.2. The summed E-state index contributed by atoms with van der Waals surface area (Å²) >= 11 is 1.74. The molecule has 0 aliphatic carbocycles. The molecule has 0 amide bonds. The van der Waals surface area contributed by atoms with E-state index in [-0.39, 0.29) is 22.4 Å². The van der Waals surface area contributed by atoms with E-state index < -0.39 is 7.92 Å². The van der Waals surface area contributed by atoms with Crippen LogP contribution in [0.15, 0.2) is 133 Å². The number of rotatable bonds is 4. The van der Waals surface area contributed by atoms with E-state index in [4.69, 9.17) is 6.42 Å². The third kappa shape index (κ3) is 6.89. The first-order valence-corrected chi connectivity index (χ1v) is 12.6. The Balaban J connectivity index is 0.000000192. The smallest absolute Gasteiger partial charge is 0.0342 e. The SMILES string of the molecule is C#Cc1ccc(-c2cccs2)cc1.[Au].c1ccc(P(c2ccccc2)c2ccccc2)cc1. The van der Waals surface area contributed by atoms with Gasteiger partial charge in [-0.25, -0.2) is 0 Å². The molecule has 1 radical (unpaired) electrons. The van der Waals surface area contributed by atoms with Crippen molar-refractivity contribution in [3.63, 3.8) is 0 Å². The Hall–Kier alpha value is -2.69. The van der Waals surface area contributed by atoms with Crippen molar-refractivity contribution in [2.75, 3.05) is 0 Å². The average Bonchev–Trinajstić information content (AvgIpc) is 3.42. The van der Waals surface area contributed by atoms with Crippen LogP contribution in [0.1, 0.15) is 5.56 Å². The van der Waals surface area contributed by atoms with Crippen LogP contribution >= 0.6 is 19.3 Å². The zero-order chi connectivity index (χ0) is 22.0. The van der Waals surface area contributed by atoms with Crippen molar-refractivity contribution in [2.45, 2.75) is 0 Å². The van der Waals surface area contributed by atoms with E-state index in [1.807, 2.05) is 12.1 Å². The molecule has 4 aromatic carbocycles. The molecule has 0 N–H and O–H groups in total. The van der Waals surface area contributed by atoms with E-state index in [2.05, 4.69) is 127 Å². The third-order valence-corrected chi connectivity index (χ3v) is 8.26. The van der Waals surface area contributed by atoms with Crippen LogP contribution < -0.4 is 15.9 Å². The summed E-state index contributed by atoms with van der Waals surface area (Å²) in [6, 6.07) is 44.5. The number of thiophene rings is 1. The third-order valence-electron chi connectivity index (χ3n) is 4.90. The standard InChI is InChI=1S/C18H15P.C12H8S.Au/c1-4-10-16(11-5-1)19(17-12-6-2-7-13-17)18-14-8-3-9-15-18;1-2-10-5-7-11(8-6-10)12-4-3-9-13-12;/h1-15H;1,3-9H;. The van der Waals surface area contributed by atoms with Crippen LogP contribution in [0.25, 0.3) is 10.4 Å². The Morgan fingerprint density at radius 2 is 1.00 bits per heavy atom. The van der Waals surface area contributed by atoms with Crippen molar-refractivity contribution >= 4 is 35.2 Å². The van der Waals surface area contributed by atoms with Crippen molar-refractivity contribution in [1.82, 2.24) is 0 Å². The van der Waals surface area contributed by atoms with Gasteiger partial charge >= 0.3 is 0 Å². The van der Waals surface area contributed by atoms with E-state index in [0.29, 0.717) is 0 Å². The maximum atomic E-state index is 5.27. The van der Waals surface area contributed by atoms with Crippen molar-refractivity contribution < 1.29 is 22.4 Å². The molecule has 0 fully saturated rings. The molecule has 0 bridgehead atoms. The second-order valence-electron chi connectivity index (χ2n) is 7.04. The van der Waals surface area contributed by atoms with Gasteiger partial charge in [0.2, 0.25) is 0 Å². The Labute approximate surface area is 217 Å². The van der Waals surface area contributed by atoms with Crippen LogP contribution in [0.4, 0.5) is 0 Å². The van der Waals surface area contributed by atoms with Gasteiger partial charge in [-0.2, -0.15) is 0 Å². The van der Waals surface area contributed by atoms with Crippen molar-refractivity contribution in [3.05, 3.63) is 138 Å². The Kier molecular flexibility index (Phi) is 9.92. The first-order valence-electron chi connectivity index (χ1n) is 10.4. The number of benzene rings is 4. The molecule has 165 valence electrons. The van der Waals surface area contributed by atoms with Crippen molar-refractivity contribution in [1.29, 1.82) is 0 Å². The van der Waals surface area contributed by atoms with Crippen LogP contribution in [0.3, 0.4) is 0 Å². The molecule has 0 unspecified atom stereocenters. The van der Waals surface area contributed by atoms with Crippen LogP contribution in [0.5, 0.6) is 0 Å². The van der Waals surface area contributed by atoms with Crippen LogP contribution in [0.2, 0.25) is 0 Å². The number of hydrogen-bond donors (Lipinski definition) is 0. The second kappa shape index (κ2) is 13.1. The fourth-order valence-corrected chi connectivity index (χ4v) is 6.39. The Morgan fingerprint density at radius 1 is 0.545 bits per heavy atom. The molecular weight excluding hydrogens is 620 g/mol. The Morgan fingerprint density at radius 3 is 1.36 bits per heavy atom. The van der Waals surface area contributed by atoms with Crippen LogP contribution in [0, 0.1) is 12.3 Å². The summed E-state index contributed by atoms with van der Waals surface area (Å²) in [5, 5.41) is 6.27. The quantitative estimate of drug-likeness (QED) is 0.114. The van der Waals surface area contributed by atoms with Gasteiger partial charge in [-0.3, -0.25) is 0 Å². The van der Waals surface area contributed by atoms with Crippen LogP contribution in [-0.2, 0) is 22.4 Å². The van der Waals surface area contributed by atoms with Crippen molar-refractivity contribution in [3.8, 4) is 22.8 Å². The van der Waals surface area contributed by atoms with E-state index in [9.17, 15) is 0 Å². The largest absolute Gasteiger partial charge is 0.144 e. The summed E-state index contributed by atoms with van der Waals surface area (Å²) in [5.74, 6) is 2.60. The molecule has 5 rings (SSSR count). The molecule has 1 heterocycles. The maximum absolute atomic E-state index is 5.27. The summed E-state index contributed by atoms with van der Waals surface area (Å²) in [5.41, 5.74) is 2.16. The van der Waals surface area contributed by atoms with Gasteiger partial charge in [0.05, 0.1) is 0 Å². The number of hydrogen-bond acceptors (Lipinski definition) is 1. The zero-order valence-corrected chi connectivity index (χ0v) is 21.8. The summed E-state index contributed by atoms with van der Waals surface area (Å²) < 4.78 is 0. The first-order chi connectivity index (χ1) is 15.8. The van der Waals surface area contributed by atoms with Gasteiger partial charge in [0.15, 0.2) is 0 Å². The molecular formula is C30H23AuPS. The zero-order valence-electron chi connectivity index (χ0n) is 17.9. The minimum absolute atomic E-state index is 0. The first kappa shape index (κ1) is 24.9. The predicted molar refractivity (Wildman–Crippen MR) is 143 cm³/mol. The van der Waals surface area contributed by atoms with Gasteiger partial charge in [-0.15, -0.1) is 17.8 Å². The minimum atomic E-state index is -0.446. The fraction of sp³-hybridized carbons (Fsp3) is 0. The van der Waals surface area contributed by atoms with E-state index in [0.717, 1.165) is 5.56 Å². The fourth-order valence-electron chi connectivity index (χ4n) is 3.35. The van der Waals surface area contributed by atoms with Crippen LogP contribution in [-0.4, -0.2) is 0 Å². The topological polar surface area (TPSA) is 0 Å². The molecule has 3 heteroatoms. The molecule has 0 atom stereocenters. The monoisotopic (exact) mass is 643 g/mol. The van der Waals surface area contributed by atoms with E-state index in [1.165, 1.54) is 26.4 Å². The molecule has 0 aliphatic heterocycles.